The van der Waals surface area contributed by atoms with E-state index in [0.29, 0.717) is 6.54 Å². The molecule has 0 bridgehead atoms. The molecule has 4 nitrogen and oxygen atoms in total. The molecule has 1 fully saturated rings. The smallest absolute Gasteiger partial charge is 0.228 e. The highest BCUT2D eigenvalue weighted by molar-refractivity contribution is 4.76. The van der Waals surface area contributed by atoms with Crippen LogP contribution in [0, 0.1) is 16.0 Å². The second kappa shape index (κ2) is 3.67. The average molecular weight is 158 g/mol. The third-order valence-corrected chi connectivity index (χ3v) is 2.38. The number of nitro groups is 1. The molecule has 0 saturated carbocycles. The molecule has 2 atom stereocenters. The molecule has 64 valence electrons. The van der Waals surface area contributed by atoms with Crippen LogP contribution in [0.1, 0.15) is 19.8 Å². The number of nitrogens with zero attached hydrogens (tertiary/aromatic N) is 1. The van der Waals surface area contributed by atoms with Crippen LogP contribution in [-0.2, 0) is 0 Å². The number of hydrogen-bond acceptors (Lipinski definition) is 3. The van der Waals surface area contributed by atoms with Crippen molar-refractivity contribution in [2.45, 2.75) is 25.8 Å². The van der Waals surface area contributed by atoms with Gasteiger partial charge in [-0.3, -0.25) is 10.1 Å². The number of rotatable bonds is 2. The second-order valence-corrected chi connectivity index (χ2v) is 3.01. The van der Waals surface area contributed by atoms with Crippen molar-refractivity contribution >= 4 is 0 Å². The average Bonchev–Trinajstić information content (AvgIpc) is 2.04. The predicted molar refractivity (Wildman–Crippen MR) is 42.1 cm³/mol. The van der Waals surface area contributed by atoms with E-state index in [9.17, 15) is 10.1 Å². The van der Waals surface area contributed by atoms with Crippen LogP contribution < -0.4 is 5.32 Å². The Morgan fingerprint density at radius 3 is 2.91 bits per heavy atom. The molecule has 0 spiro atoms. The molecule has 0 aromatic carbocycles. The van der Waals surface area contributed by atoms with Crippen molar-refractivity contribution in [2.24, 2.45) is 5.92 Å². The lowest BCUT2D eigenvalue weighted by Crippen LogP contribution is -2.44. The van der Waals surface area contributed by atoms with Gasteiger partial charge in [0.05, 0.1) is 6.54 Å². The van der Waals surface area contributed by atoms with Gasteiger partial charge in [-0.15, -0.1) is 0 Å². The van der Waals surface area contributed by atoms with E-state index in [0.717, 1.165) is 19.4 Å². The van der Waals surface area contributed by atoms with E-state index in [-0.39, 0.29) is 16.9 Å². The van der Waals surface area contributed by atoms with Crippen molar-refractivity contribution in [1.82, 2.24) is 5.32 Å². The third kappa shape index (κ3) is 1.89. The number of hydrogen-bond donors (Lipinski definition) is 1. The Kier molecular flexibility index (Phi) is 2.82. The van der Waals surface area contributed by atoms with E-state index in [2.05, 4.69) is 5.32 Å². The lowest BCUT2D eigenvalue weighted by Gasteiger charge is -2.24. The van der Waals surface area contributed by atoms with Crippen LogP contribution in [0.5, 0.6) is 0 Å². The molecule has 0 amide bonds. The summed E-state index contributed by atoms with van der Waals surface area (Å²) in [5, 5.41) is 13.5. The first kappa shape index (κ1) is 8.46. The molecular weight excluding hydrogens is 144 g/mol. The van der Waals surface area contributed by atoms with Gasteiger partial charge in [-0.05, 0) is 19.4 Å². The fourth-order valence-corrected chi connectivity index (χ4v) is 1.62. The Morgan fingerprint density at radius 1 is 1.73 bits per heavy atom. The van der Waals surface area contributed by atoms with Crippen molar-refractivity contribution < 1.29 is 4.92 Å². The van der Waals surface area contributed by atoms with Crippen molar-refractivity contribution in [1.29, 1.82) is 0 Å². The van der Waals surface area contributed by atoms with Gasteiger partial charge >= 0.3 is 0 Å². The molecule has 1 heterocycles. The quantitative estimate of drug-likeness (QED) is 0.474. The summed E-state index contributed by atoms with van der Waals surface area (Å²) in [7, 11) is 0. The molecule has 1 rings (SSSR count). The van der Waals surface area contributed by atoms with Gasteiger partial charge in [-0.25, -0.2) is 0 Å². The monoisotopic (exact) mass is 158 g/mol. The van der Waals surface area contributed by atoms with E-state index in [4.69, 9.17) is 0 Å². The van der Waals surface area contributed by atoms with Crippen LogP contribution in [0.3, 0.4) is 0 Å². The molecule has 1 aliphatic heterocycles. The number of piperidine rings is 1. The zero-order valence-corrected chi connectivity index (χ0v) is 6.75. The largest absolute Gasteiger partial charge is 0.310 e. The van der Waals surface area contributed by atoms with Crippen LogP contribution in [0.25, 0.3) is 0 Å². The molecular formula is C7H14N2O2. The number of nitrogens with one attached hydrogen (secondary N) is 1. The predicted octanol–water partition coefficient (Wildman–Crippen LogP) is 0.651. The minimum atomic E-state index is -0.353. The normalized spacial score (nSPS) is 31.7. The summed E-state index contributed by atoms with van der Waals surface area (Å²) in [6.45, 7) is 3.50. The molecule has 0 aliphatic carbocycles. The molecule has 0 unspecified atom stereocenters. The Bertz CT molecular complexity index is 149. The first-order chi connectivity index (χ1) is 5.25. The van der Waals surface area contributed by atoms with E-state index < -0.39 is 0 Å². The van der Waals surface area contributed by atoms with Gasteiger partial charge < -0.3 is 5.32 Å². The van der Waals surface area contributed by atoms with Crippen LogP contribution in [0.2, 0.25) is 0 Å². The summed E-state index contributed by atoms with van der Waals surface area (Å²) in [5.74, 6) is 0.284. The Balaban J connectivity index is 2.51. The summed E-state index contributed by atoms with van der Waals surface area (Å²) in [4.78, 5) is 10.3. The van der Waals surface area contributed by atoms with Gasteiger partial charge in [-0.1, -0.05) is 6.92 Å². The third-order valence-electron chi connectivity index (χ3n) is 2.38. The maximum Gasteiger partial charge on any atom is 0.228 e. The maximum atomic E-state index is 10.5. The summed E-state index contributed by atoms with van der Waals surface area (Å²) >= 11 is 0. The van der Waals surface area contributed by atoms with Crippen LogP contribution in [0.15, 0.2) is 0 Å². The van der Waals surface area contributed by atoms with Gasteiger partial charge in [-0.2, -0.15) is 0 Å². The Morgan fingerprint density at radius 2 is 2.45 bits per heavy atom. The zero-order valence-electron chi connectivity index (χ0n) is 6.75. The highest BCUT2D eigenvalue weighted by Crippen LogP contribution is 2.17. The molecule has 1 N–H and O–H groups in total. The lowest BCUT2D eigenvalue weighted by molar-refractivity contribution is -0.532. The van der Waals surface area contributed by atoms with Gasteiger partial charge in [0.25, 0.3) is 0 Å². The van der Waals surface area contributed by atoms with E-state index >= 15 is 0 Å². The van der Waals surface area contributed by atoms with Crippen molar-refractivity contribution in [3.05, 3.63) is 10.1 Å². The zero-order chi connectivity index (χ0) is 8.27. The molecule has 1 saturated heterocycles. The van der Waals surface area contributed by atoms with Gasteiger partial charge in [0.1, 0.15) is 0 Å². The SMILES string of the molecule is CC[C@@H]1CCNC[C@@H]1[N+](=O)[O-]. The molecule has 11 heavy (non-hydrogen) atoms. The van der Waals surface area contributed by atoms with E-state index in [1.54, 1.807) is 0 Å². The molecule has 0 radical (unpaired) electrons. The lowest BCUT2D eigenvalue weighted by atomic mass is 9.91. The Hall–Kier alpha value is -0.640. The van der Waals surface area contributed by atoms with Gasteiger partial charge in [0.2, 0.25) is 6.04 Å². The van der Waals surface area contributed by atoms with Crippen molar-refractivity contribution in [3.8, 4) is 0 Å². The highest BCUT2D eigenvalue weighted by Gasteiger charge is 2.32. The van der Waals surface area contributed by atoms with Crippen LogP contribution in [-0.4, -0.2) is 24.1 Å². The van der Waals surface area contributed by atoms with Crippen molar-refractivity contribution in [3.63, 3.8) is 0 Å². The maximum absolute atomic E-state index is 10.5. The molecule has 1 aliphatic rings. The fourth-order valence-electron chi connectivity index (χ4n) is 1.62. The first-order valence-electron chi connectivity index (χ1n) is 4.10. The standard InChI is InChI=1S/C7H14N2O2/c1-2-6-3-4-8-5-7(6)9(10)11/h6-8H,2-5H2,1H3/t6-,7+/m1/s1. The molecule has 0 aromatic heterocycles. The fraction of sp³-hybridized carbons (Fsp3) is 1.00. The van der Waals surface area contributed by atoms with Crippen LogP contribution in [0.4, 0.5) is 0 Å². The summed E-state index contributed by atoms with van der Waals surface area (Å²) in [5.41, 5.74) is 0. The first-order valence-corrected chi connectivity index (χ1v) is 4.10. The van der Waals surface area contributed by atoms with E-state index in [1.807, 2.05) is 6.92 Å². The van der Waals surface area contributed by atoms with Crippen LogP contribution >= 0.6 is 0 Å². The molecule has 4 heteroatoms. The van der Waals surface area contributed by atoms with Crippen molar-refractivity contribution in [2.75, 3.05) is 13.1 Å². The summed E-state index contributed by atoms with van der Waals surface area (Å²) in [6, 6.07) is -0.353. The van der Waals surface area contributed by atoms with E-state index in [1.165, 1.54) is 0 Å². The minimum absolute atomic E-state index is 0.152. The van der Waals surface area contributed by atoms with Gasteiger partial charge in [0, 0.05) is 10.8 Å². The highest BCUT2D eigenvalue weighted by atomic mass is 16.6. The minimum Gasteiger partial charge on any atom is -0.310 e. The second-order valence-electron chi connectivity index (χ2n) is 3.01. The molecule has 0 aromatic rings. The van der Waals surface area contributed by atoms with Gasteiger partial charge in [0.15, 0.2) is 0 Å². The summed E-state index contributed by atoms with van der Waals surface area (Å²) in [6.07, 6.45) is 1.87. The summed E-state index contributed by atoms with van der Waals surface area (Å²) < 4.78 is 0. The Labute approximate surface area is 66.1 Å². The topological polar surface area (TPSA) is 55.2 Å².